The third kappa shape index (κ3) is 294. The van der Waals surface area contributed by atoms with Gasteiger partial charge in [0.2, 0.25) is 0 Å². The van der Waals surface area contributed by atoms with E-state index >= 15 is 0 Å². The summed E-state index contributed by atoms with van der Waals surface area (Å²) in [4.78, 5) is 0. The summed E-state index contributed by atoms with van der Waals surface area (Å²) in [7, 11) is -0.861. The molecule has 0 aliphatic carbocycles. The molecule has 0 aromatic heterocycles. The molecule has 0 saturated carbocycles. The minimum Gasteiger partial charge on any atom is -0.358 e. The molecule has 0 N–H and O–H groups in total. The van der Waals surface area contributed by atoms with Gasteiger partial charge in [-0.1, -0.05) is 19.6 Å². The maximum Gasteiger partial charge on any atom is 0 e. The van der Waals surface area contributed by atoms with Crippen molar-refractivity contribution in [2.75, 3.05) is 0 Å². The quantitative estimate of drug-likeness (QED) is 0.476. The van der Waals surface area contributed by atoms with Gasteiger partial charge in [-0.15, -0.1) is 8.07 Å². The Labute approximate surface area is 70.3 Å². The van der Waals surface area contributed by atoms with Crippen LogP contribution in [0.5, 0.6) is 0 Å². The van der Waals surface area contributed by atoms with Gasteiger partial charge in [0.1, 0.15) is 0 Å². The molecule has 0 fully saturated rings. The van der Waals surface area contributed by atoms with E-state index in [1.54, 1.807) is 0 Å². The SMILES string of the molecule is [CH2-][Si](C)(C)C.[CH3-].[CH3-].[Pt]. The molecule has 2 heteroatoms. The summed E-state index contributed by atoms with van der Waals surface area (Å²) in [6.45, 7) is 10.6. The molecule has 0 saturated heterocycles. The Bertz CT molecular complexity index is 24.0. The van der Waals surface area contributed by atoms with Crippen molar-refractivity contribution < 1.29 is 21.1 Å². The van der Waals surface area contributed by atoms with Crippen molar-refractivity contribution in [3.63, 3.8) is 0 Å². The fourth-order valence-corrected chi connectivity index (χ4v) is 0. The molecule has 0 amide bonds. The Kier molecular flexibility index (Phi) is 22.9. The molecule has 0 radical (unpaired) electrons. The molecular formula is C6H17PtSi-3. The topological polar surface area (TPSA) is 0 Å². The van der Waals surface area contributed by atoms with Crippen molar-refractivity contribution in [2.45, 2.75) is 19.6 Å². The Hall–Kier alpha value is 0.905. The molecular weight excluding hydrogens is 295 g/mol. The van der Waals surface area contributed by atoms with Crippen LogP contribution in [0.25, 0.3) is 0 Å². The van der Waals surface area contributed by atoms with Crippen molar-refractivity contribution in [1.82, 2.24) is 0 Å². The predicted molar refractivity (Wildman–Crippen MR) is 41.5 cm³/mol. The van der Waals surface area contributed by atoms with E-state index < -0.39 is 8.07 Å². The van der Waals surface area contributed by atoms with Gasteiger partial charge < -0.3 is 21.4 Å². The summed E-state index contributed by atoms with van der Waals surface area (Å²) >= 11 is 0. The predicted octanol–water partition coefficient (Wildman–Crippen LogP) is 2.60. The van der Waals surface area contributed by atoms with Gasteiger partial charge >= 0.3 is 0 Å². The summed E-state index contributed by atoms with van der Waals surface area (Å²) in [5, 5.41) is 0. The molecule has 0 aromatic rings. The fourth-order valence-electron chi connectivity index (χ4n) is 0. The third-order valence-electron chi connectivity index (χ3n) is 0. The summed E-state index contributed by atoms with van der Waals surface area (Å²) in [5.74, 6) is 0. The van der Waals surface area contributed by atoms with E-state index in [1.807, 2.05) is 0 Å². The first-order valence-corrected chi connectivity index (χ1v) is 5.56. The maximum atomic E-state index is 3.91. The molecule has 0 rings (SSSR count). The second-order valence-corrected chi connectivity index (χ2v) is 7.68. The average Bonchev–Trinajstić information content (AvgIpc) is 0.722. The second-order valence-electron chi connectivity index (χ2n) is 2.56. The van der Waals surface area contributed by atoms with Crippen molar-refractivity contribution in [3.8, 4) is 0 Å². The molecule has 0 aliphatic rings. The summed E-state index contributed by atoms with van der Waals surface area (Å²) in [5.41, 5.74) is 0. The van der Waals surface area contributed by atoms with Crippen LogP contribution in [0.2, 0.25) is 19.6 Å². The van der Waals surface area contributed by atoms with E-state index in [9.17, 15) is 0 Å². The monoisotopic (exact) mass is 312 g/mol. The van der Waals surface area contributed by atoms with Crippen LogP contribution in [0.3, 0.4) is 0 Å². The van der Waals surface area contributed by atoms with Crippen molar-refractivity contribution >= 4 is 8.07 Å². The Balaban J connectivity index is -0.0000000267. The Morgan fingerprint density at radius 2 is 1.00 bits per heavy atom. The number of hydrogen-bond acceptors (Lipinski definition) is 0. The van der Waals surface area contributed by atoms with Crippen LogP contribution in [-0.4, -0.2) is 8.07 Å². The number of hydrogen-bond donors (Lipinski definition) is 0. The van der Waals surface area contributed by atoms with Crippen molar-refractivity contribution in [3.05, 3.63) is 21.4 Å². The van der Waals surface area contributed by atoms with Crippen LogP contribution in [0.4, 0.5) is 0 Å². The molecule has 0 heterocycles. The van der Waals surface area contributed by atoms with Crippen molar-refractivity contribution in [2.24, 2.45) is 0 Å². The van der Waals surface area contributed by atoms with Crippen LogP contribution in [0.1, 0.15) is 0 Å². The molecule has 0 spiro atoms. The maximum absolute atomic E-state index is 3.91. The van der Waals surface area contributed by atoms with E-state index in [0.717, 1.165) is 0 Å². The number of rotatable bonds is 0. The first-order chi connectivity index (χ1) is 2.00. The minimum atomic E-state index is -0.861. The summed E-state index contributed by atoms with van der Waals surface area (Å²) in [6.07, 6.45) is 0. The van der Waals surface area contributed by atoms with Crippen LogP contribution in [0, 0.1) is 21.4 Å². The first-order valence-electron chi connectivity index (χ1n) is 1.85. The molecule has 0 atom stereocenters. The van der Waals surface area contributed by atoms with Gasteiger partial charge in [-0.05, 0) is 0 Å². The van der Waals surface area contributed by atoms with Crippen LogP contribution < -0.4 is 0 Å². The van der Waals surface area contributed by atoms with E-state index in [-0.39, 0.29) is 35.9 Å². The molecule has 0 unspecified atom stereocenters. The molecule has 0 aromatic carbocycles. The average molecular weight is 312 g/mol. The zero-order chi connectivity index (χ0) is 4.50. The zero-order valence-corrected chi connectivity index (χ0v) is 9.80. The van der Waals surface area contributed by atoms with Crippen molar-refractivity contribution in [1.29, 1.82) is 0 Å². The van der Waals surface area contributed by atoms with E-state index in [1.165, 1.54) is 0 Å². The smallest absolute Gasteiger partial charge is 0 e. The molecule has 8 heavy (non-hydrogen) atoms. The van der Waals surface area contributed by atoms with E-state index in [4.69, 9.17) is 0 Å². The van der Waals surface area contributed by atoms with Gasteiger partial charge in [-0.2, -0.15) is 0 Å². The zero-order valence-electron chi connectivity index (χ0n) is 6.52. The van der Waals surface area contributed by atoms with Crippen LogP contribution in [0.15, 0.2) is 0 Å². The fraction of sp³-hybridized carbons (Fsp3) is 0.500. The van der Waals surface area contributed by atoms with Gasteiger partial charge in [-0.3, -0.25) is 0 Å². The normalized spacial score (nSPS) is 7.50. The molecule has 0 aliphatic heterocycles. The van der Waals surface area contributed by atoms with Gasteiger partial charge in [0.25, 0.3) is 0 Å². The molecule has 0 bridgehead atoms. The third-order valence-corrected chi connectivity index (χ3v) is 0. The molecule has 0 nitrogen and oxygen atoms in total. The standard InChI is InChI=1S/C4H11Si.2CH3.Pt/c1-5(2,3)4;;;/h1H2,2-4H3;2*1H3;/q3*-1;. The minimum absolute atomic E-state index is 0. The van der Waals surface area contributed by atoms with E-state index in [0.29, 0.717) is 0 Å². The van der Waals surface area contributed by atoms with Crippen LogP contribution >= 0.6 is 0 Å². The van der Waals surface area contributed by atoms with Gasteiger partial charge in [0.15, 0.2) is 0 Å². The second kappa shape index (κ2) is 7.91. The Morgan fingerprint density at radius 1 is 1.00 bits per heavy atom. The van der Waals surface area contributed by atoms with Gasteiger partial charge in [-0.25, -0.2) is 0 Å². The Morgan fingerprint density at radius 3 is 1.00 bits per heavy atom. The first kappa shape index (κ1) is 23.1. The van der Waals surface area contributed by atoms with E-state index in [2.05, 4.69) is 26.2 Å². The molecule has 58 valence electrons. The summed E-state index contributed by atoms with van der Waals surface area (Å²) < 4.78 is 0. The largest absolute Gasteiger partial charge is 0.358 e. The van der Waals surface area contributed by atoms with Crippen LogP contribution in [-0.2, 0) is 21.1 Å². The van der Waals surface area contributed by atoms with Gasteiger partial charge in [0.05, 0.1) is 0 Å². The van der Waals surface area contributed by atoms with Gasteiger partial charge in [0, 0.05) is 21.1 Å². The summed E-state index contributed by atoms with van der Waals surface area (Å²) in [6, 6.07) is 0.